The molecule has 0 saturated heterocycles. The van der Waals surface area contributed by atoms with E-state index in [4.69, 9.17) is 0 Å². The minimum absolute atomic E-state index is 1.11. The molecule has 0 saturated carbocycles. The molecular formula is C39H30N2. The number of allylic oxidation sites excluding steroid dienone is 4. The fourth-order valence-electron chi connectivity index (χ4n) is 6.64. The molecule has 0 bridgehead atoms. The molecule has 7 aromatic rings. The molecule has 8 rings (SSSR count). The molecule has 196 valence electrons. The Bertz CT molecular complexity index is 2220. The summed E-state index contributed by atoms with van der Waals surface area (Å²) in [6, 6.07) is 38.0. The molecule has 0 radical (unpaired) electrons. The number of rotatable bonds is 4. The van der Waals surface area contributed by atoms with Gasteiger partial charge in [0.05, 0.1) is 11.0 Å². The summed E-state index contributed by atoms with van der Waals surface area (Å²) in [4.78, 5) is 0. The lowest BCUT2D eigenvalue weighted by molar-refractivity contribution is 1.01. The number of hydrogen-bond acceptors (Lipinski definition) is 0. The van der Waals surface area contributed by atoms with Crippen LogP contribution in [-0.2, 0) is 7.05 Å². The van der Waals surface area contributed by atoms with Gasteiger partial charge >= 0.3 is 0 Å². The summed E-state index contributed by atoms with van der Waals surface area (Å²) in [5.74, 6) is 0. The Labute approximate surface area is 239 Å². The lowest BCUT2D eigenvalue weighted by atomic mass is 9.97. The summed E-state index contributed by atoms with van der Waals surface area (Å²) in [6.07, 6.45) is 11.1. The van der Waals surface area contributed by atoms with Crippen molar-refractivity contribution in [2.45, 2.75) is 12.8 Å². The Balaban J connectivity index is 1.31. The second kappa shape index (κ2) is 9.25. The number of aromatic nitrogens is 2. The first-order valence-corrected chi connectivity index (χ1v) is 14.3. The van der Waals surface area contributed by atoms with Crippen LogP contribution >= 0.6 is 0 Å². The van der Waals surface area contributed by atoms with E-state index in [1.807, 2.05) is 6.20 Å². The summed E-state index contributed by atoms with van der Waals surface area (Å²) in [5, 5.41) is 5.08. The van der Waals surface area contributed by atoms with Gasteiger partial charge in [0, 0.05) is 45.8 Å². The van der Waals surface area contributed by atoms with E-state index in [1.165, 1.54) is 77.0 Å². The van der Waals surface area contributed by atoms with Crippen molar-refractivity contribution in [1.29, 1.82) is 0 Å². The van der Waals surface area contributed by atoms with Crippen LogP contribution in [0.15, 0.2) is 128 Å². The summed E-state index contributed by atoms with van der Waals surface area (Å²) in [6.45, 7) is 4.12. The van der Waals surface area contributed by atoms with E-state index in [-0.39, 0.29) is 0 Å². The summed E-state index contributed by atoms with van der Waals surface area (Å²) in [5.41, 5.74) is 12.4. The molecule has 1 aliphatic rings. The normalized spacial score (nSPS) is 13.4. The third kappa shape index (κ3) is 3.72. The van der Waals surface area contributed by atoms with Gasteiger partial charge in [-0.25, -0.2) is 0 Å². The first kappa shape index (κ1) is 23.8. The molecule has 41 heavy (non-hydrogen) atoms. The van der Waals surface area contributed by atoms with Crippen molar-refractivity contribution in [3.8, 4) is 22.3 Å². The lowest BCUT2D eigenvalue weighted by Crippen LogP contribution is -1.88. The molecular weight excluding hydrogens is 496 g/mol. The SMILES string of the molecule is C=Cn1c2ccc(-c3ccccc3)cc2c2cc(-c3ccc4c(c3)c3cc(C5=CCCC=C5)ccc3n4C)ccc21. The molecule has 2 heteroatoms. The molecule has 2 nitrogen and oxygen atoms in total. The Morgan fingerprint density at radius 2 is 1.07 bits per heavy atom. The second-order valence-electron chi connectivity index (χ2n) is 11.0. The van der Waals surface area contributed by atoms with Gasteiger partial charge in [0.25, 0.3) is 0 Å². The van der Waals surface area contributed by atoms with E-state index < -0.39 is 0 Å². The molecule has 1 aliphatic carbocycles. The van der Waals surface area contributed by atoms with Gasteiger partial charge in [-0.3, -0.25) is 0 Å². The Kier molecular flexibility index (Phi) is 5.36. The van der Waals surface area contributed by atoms with Gasteiger partial charge in [0.15, 0.2) is 0 Å². The van der Waals surface area contributed by atoms with Gasteiger partial charge in [-0.15, -0.1) is 0 Å². The topological polar surface area (TPSA) is 9.86 Å². The fraction of sp³-hybridized carbons (Fsp3) is 0.0769. The zero-order valence-corrected chi connectivity index (χ0v) is 23.1. The summed E-state index contributed by atoms with van der Waals surface area (Å²) in [7, 11) is 2.17. The predicted octanol–water partition coefficient (Wildman–Crippen LogP) is 10.6. The van der Waals surface area contributed by atoms with E-state index in [9.17, 15) is 0 Å². The molecule has 0 fully saturated rings. The van der Waals surface area contributed by atoms with Gasteiger partial charge in [-0.1, -0.05) is 79.4 Å². The molecule has 5 aromatic carbocycles. The largest absolute Gasteiger partial charge is 0.344 e. The number of hydrogen-bond donors (Lipinski definition) is 0. The number of fused-ring (bicyclic) bond motifs is 6. The maximum atomic E-state index is 4.12. The molecule has 0 unspecified atom stereocenters. The highest BCUT2D eigenvalue weighted by Gasteiger charge is 2.15. The van der Waals surface area contributed by atoms with E-state index >= 15 is 0 Å². The van der Waals surface area contributed by atoms with E-state index in [2.05, 4.69) is 144 Å². The molecule has 2 aromatic heterocycles. The minimum atomic E-state index is 1.11. The molecule has 0 atom stereocenters. The molecule has 2 heterocycles. The van der Waals surface area contributed by atoms with Crippen molar-refractivity contribution in [2.24, 2.45) is 7.05 Å². The maximum absolute atomic E-state index is 4.12. The standard InChI is InChI=1S/C39H30N2/c1-3-41-38-20-16-29(27-12-8-5-9-13-27)23-34(38)35-25-31(17-21-39(35)41)30-15-19-37-33(24-30)32-22-28(14-18-36(32)40(37)2)26-10-6-4-7-11-26/h3,5-6,8-25H,1,4,7H2,2H3. The van der Waals surface area contributed by atoms with Gasteiger partial charge < -0.3 is 9.13 Å². The van der Waals surface area contributed by atoms with E-state index in [0.717, 1.165) is 12.8 Å². The lowest BCUT2D eigenvalue weighted by Gasteiger charge is -2.08. The quantitative estimate of drug-likeness (QED) is 0.216. The molecule has 0 amide bonds. The van der Waals surface area contributed by atoms with Crippen molar-refractivity contribution in [3.05, 3.63) is 133 Å². The van der Waals surface area contributed by atoms with Gasteiger partial charge in [-0.2, -0.15) is 0 Å². The number of benzene rings is 5. The van der Waals surface area contributed by atoms with Gasteiger partial charge in [-0.05, 0) is 94.8 Å². The zero-order chi connectivity index (χ0) is 27.5. The Morgan fingerprint density at radius 1 is 0.561 bits per heavy atom. The average Bonchev–Trinajstić information content (AvgIpc) is 3.51. The van der Waals surface area contributed by atoms with Crippen LogP contribution in [0.3, 0.4) is 0 Å². The highest BCUT2D eigenvalue weighted by Crippen LogP contribution is 2.38. The van der Waals surface area contributed by atoms with Crippen LogP contribution in [0.5, 0.6) is 0 Å². The number of nitrogens with zero attached hydrogens (tertiary/aromatic N) is 2. The van der Waals surface area contributed by atoms with Crippen LogP contribution in [-0.4, -0.2) is 9.13 Å². The van der Waals surface area contributed by atoms with Crippen molar-refractivity contribution < 1.29 is 0 Å². The predicted molar refractivity (Wildman–Crippen MR) is 177 cm³/mol. The van der Waals surface area contributed by atoms with E-state index in [0.29, 0.717) is 0 Å². The van der Waals surface area contributed by atoms with Crippen LogP contribution in [0.4, 0.5) is 0 Å². The van der Waals surface area contributed by atoms with Gasteiger partial charge in [0.1, 0.15) is 0 Å². The van der Waals surface area contributed by atoms with Crippen LogP contribution in [0, 0.1) is 0 Å². The summed E-state index contributed by atoms with van der Waals surface area (Å²) < 4.78 is 4.52. The van der Waals surface area contributed by atoms with Crippen molar-refractivity contribution in [3.63, 3.8) is 0 Å². The third-order valence-corrected chi connectivity index (χ3v) is 8.76. The molecule has 0 spiro atoms. The van der Waals surface area contributed by atoms with Gasteiger partial charge in [0.2, 0.25) is 0 Å². The van der Waals surface area contributed by atoms with E-state index in [1.54, 1.807) is 0 Å². The van der Waals surface area contributed by atoms with Crippen molar-refractivity contribution in [2.75, 3.05) is 0 Å². The smallest absolute Gasteiger partial charge is 0.0535 e. The zero-order valence-electron chi connectivity index (χ0n) is 23.1. The molecule has 0 aliphatic heterocycles. The third-order valence-electron chi connectivity index (χ3n) is 8.76. The highest BCUT2D eigenvalue weighted by atomic mass is 14.9. The van der Waals surface area contributed by atoms with Crippen LogP contribution < -0.4 is 0 Å². The average molecular weight is 527 g/mol. The fourth-order valence-corrected chi connectivity index (χ4v) is 6.64. The first-order valence-electron chi connectivity index (χ1n) is 14.3. The van der Waals surface area contributed by atoms with Crippen LogP contribution in [0.25, 0.3) is 77.6 Å². The van der Waals surface area contributed by atoms with Crippen molar-refractivity contribution in [1.82, 2.24) is 9.13 Å². The van der Waals surface area contributed by atoms with Crippen LogP contribution in [0.2, 0.25) is 0 Å². The number of aryl methyl sites for hydroxylation is 1. The monoisotopic (exact) mass is 526 g/mol. The summed E-state index contributed by atoms with van der Waals surface area (Å²) >= 11 is 0. The highest BCUT2D eigenvalue weighted by molar-refractivity contribution is 6.13. The second-order valence-corrected chi connectivity index (χ2v) is 11.0. The Hall–Kier alpha value is -5.08. The minimum Gasteiger partial charge on any atom is -0.344 e. The van der Waals surface area contributed by atoms with Crippen molar-refractivity contribution >= 4 is 55.4 Å². The Morgan fingerprint density at radius 3 is 1.63 bits per heavy atom. The molecule has 0 N–H and O–H groups in total. The maximum Gasteiger partial charge on any atom is 0.0535 e. The first-order chi connectivity index (χ1) is 20.2. The van der Waals surface area contributed by atoms with Crippen LogP contribution in [0.1, 0.15) is 18.4 Å².